The van der Waals surface area contributed by atoms with Crippen LogP contribution in [0.2, 0.25) is 0 Å². The molecule has 1 aromatic carbocycles. The van der Waals surface area contributed by atoms with Crippen molar-refractivity contribution < 1.29 is 14.7 Å². The topological polar surface area (TPSA) is 66.4 Å². The molecule has 0 fully saturated rings. The van der Waals surface area contributed by atoms with Crippen molar-refractivity contribution >= 4 is 23.2 Å². The highest BCUT2D eigenvalue weighted by Crippen LogP contribution is 2.14. The van der Waals surface area contributed by atoms with Crippen LogP contribution in [0.15, 0.2) is 41.8 Å². The predicted molar refractivity (Wildman–Crippen MR) is 82.7 cm³/mol. The lowest BCUT2D eigenvalue weighted by Crippen LogP contribution is -2.33. The van der Waals surface area contributed by atoms with Gasteiger partial charge in [-0.15, -0.1) is 11.3 Å². The van der Waals surface area contributed by atoms with Crippen molar-refractivity contribution in [3.05, 3.63) is 57.8 Å². The van der Waals surface area contributed by atoms with Crippen LogP contribution in [-0.4, -0.2) is 23.5 Å². The number of carboxylic acids is 1. The number of carboxylic acid groups (broad SMARTS) is 1. The van der Waals surface area contributed by atoms with Crippen LogP contribution in [0.25, 0.3) is 0 Å². The fourth-order valence-electron chi connectivity index (χ4n) is 2.06. The van der Waals surface area contributed by atoms with Gasteiger partial charge in [0.1, 0.15) is 0 Å². The summed E-state index contributed by atoms with van der Waals surface area (Å²) in [5.41, 5.74) is 2.06. The molecule has 1 heterocycles. The van der Waals surface area contributed by atoms with Crippen molar-refractivity contribution in [2.45, 2.75) is 13.3 Å². The summed E-state index contributed by atoms with van der Waals surface area (Å²) in [4.78, 5) is 23.8. The normalized spacial score (nSPS) is 11.9. The zero-order valence-corrected chi connectivity index (χ0v) is 12.5. The molecule has 0 unspecified atom stereocenters. The first-order valence-corrected chi connectivity index (χ1v) is 7.55. The van der Waals surface area contributed by atoms with E-state index in [2.05, 4.69) is 5.32 Å². The van der Waals surface area contributed by atoms with Crippen molar-refractivity contribution in [2.75, 3.05) is 6.54 Å². The lowest BCUT2D eigenvalue weighted by Gasteiger charge is -2.14. The average Bonchev–Trinajstić information content (AvgIpc) is 2.99. The molecule has 110 valence electrons. The third-order valence-corrected chi connectivity index (χ3v) is 4.20. The van der Waals surface area contributed by atoms with Gasteiger partial charge >= 0.3 is 5.97 Å². The van der Waals surface area contributed by atoms with Crippen molar-refractivity contribution in [1.82, 2.24) is 5.32 Å². The summed E-state index contributed by atoms with van der Waals surface area (Å²) in [6, 6.07) is 11.2. The Kier molecular flexibility index (Phi) is 5.11. The van der Waals surface area contributed by atoms with E-state index in [9.17, 15) is 14.7 Å². The SMILES string of the molecule is Cc1ccccc1C[C@H](CNC(=O)c1cccs1)C(=O)O. The Morgan fingerprint density at radius 1 is 1.24 bits per heavy atom. The van der Waals surface area contributed by atoms with E-state index < -0.39 is 11.9 Å². The number of aryl methyl sites for hydroxylation is 1. The standard InChI is InChI=1S/C16H17NO3S/c1-11-5-2-3-6-12(11)9-13(16(19)20)10-17-15(18)14-7-4-8-21-14/h2-8,13H,9-10H2,1H3,(H,17,18)(H,19,20)/t13-/m1/s1. The maximum absolute atomic E-state index is 11.9. The van der Waals surface area contributed by atoms with Gasteiger partial charge in [-0.05, 0) is 35.9 Å². The van der Waals surface area contributed by atoms with E-state index in [-0.39, 0.29) is 12.5 Å². The summed E-state index contributed by atoms with van der Waals surface area (Å²) < 4.78 is 0. The highest BCUT2D eigenvalue weighted by Gasteiger charge is 2.20. The van der Waals surface area contributed by atoms with Gasteiger partial charge in [-0.2, -0.15) is 0 Å². The number of benzene rings is 1. The molecule has 0 spiro atoms. The number of thiophene rings is 1. The second-order valence-corrected chi connectivity index (χ2v) is 5.80. The van der Waals surface area contributed by atoms with Crippen molar-refractivity contribution in [1.29, 1.82) is 0 Å². The van der Waals surface area contributed by atoms with E-state index in [0.29, 0.717) is 11.3 Å². The summed E-state index contributed by atoms with van der Waals surface area (Å²) in [7, 11) is 0. The first-order valence-electron chi connectivity index (χ1n) is 6.67. The zero-order chi connectivity index (χ0) is 15.2. The van der Waals surface area contributed by atoms with Crippen LogP contribution in [0.3, 0.4) is 0 Å². The molecule has 0 radical (unpaired) electrons. The van der Waals surface area contributed by atoms with Gasteiger partial charge in [0.25, 0.3) is 5.91 Å². The monoisotopic (exact) mass is 303 g/mol. The average molecular weight is 303 g/mol. The Morgan fingerprint density at radius 3 is 2.62 bits per heavy atom. The fraction of sp³-hybridized carbons (Fsp3) is 0.250. The van der Waals surface area contributed by atoms with Crippen molar-refractivity contribution in [2.24, 2.45) is 5.92 Å². The number of carbonyl (C=O) groups excluding carboxylic acids is 1. The van der Waals surface area contributed by atoms with Gasteiger partial charge in [0.05, 0.1) is 10.8 Å². The molecule has 1 aromatic heterocycles. The quantitative estimate of drug-likeness (QED) is 0.862. The van der Waals surface area contributed by atoms with Crippen LogP contribution in [0, 0.1) is 12.8 Å². The fourth-order valence-corrected chi connectivity index (χ4v) is 2.70. The number of amides is 1. The number of nitrogens with one attached hydrogen (secondary N) is 1. The molecule has 21 heavy (non-hydrogen) atoms. The number of rotatable bonds is 6. The van der Waals surface area contributed by atoms with Gasteiger partial charge in [0, 0.05) is 6.54 Å². The molecular formula is C16H17NO3S. The molecule has 0 aliphatic rings. The largest absolute Gasteiger partial charge is 0.481 e. The minimum absolute atomic E-state index is 0.125. The molecule has 1 atom stereocenters. The van der Waals surface area contributed by atoms with Gasteiger partial charge in [-0.3, -0.25) is 9.59 Å². The second kappa shape index (κ2) is 7.04. The second-order valence-electron chi connectivity index (χ2n) is 4.85. The maximum Gasteiger partial charge on any atom is 0.308 e. The number of aliphatic carboxylic acids is 1. The van der Waals surface area contributed by atoms with E-state index in [1.54, 1.807) is 12.1 Å². The maximum atomic E-state index is 11.9. The Hall–Kier alpha value is -2.14. The minimum atomic E-state index is -0.898. The number of hydrogen-bond acceptors (Lipinski definition) is 3. The Balaban J connectivity index is 1.98. The molecule has 0 aliphatic heterocycles. The molecule has 0 aliphatic carbocycles. The first-order chi connectivity index (χ1) is 10.1. The summed E-state index contributed by atoms with van der Waals surface area (Å²) in [5, 5.41) is 13.8. The van der Waals surface area contributed by atoms with Gasteiger partial charge < -0.3 is 10.4 Å². The van der Waals surface area contributed by atoms with Gasteiger partial charge in [0.15, 0.2) is 0 Å². The third kappa shape index (κ3) is 4.16. The smallest absolute Gasteiger partial charge is 0.308 e. The number of hydrogen-bond donors (Lipinski definition) is 2. The molecule has 4 nitrogen and oxygen atoms in total. The summed E-state index contributed by atoms with van der Waals surface area (Å²) in [6.07, 6.45) is 0.409. The van der Waals surface area contributed by atoms with E-state index >= 15 is 0 Å². The summed E-state index contributed by atoms with van der Waals surface area (Å²) in [5.74, 6) is -1.75. The van der Waals surface area contributed by atoms with Gasteiger partial charge in [0.2, 0.25) is 0 Å². The molecule has 0 saturated heterocycles. The molecular weight excluding hydrogens is 286 g/mol. The predicted octanol–water partition coefficient (Wildman–Crippen LogP) is 2.73. The molecule has 1 amide bonds. The molecule has 0 saturated carbocycles. The minimum Gasteiger partial charge on any atom is -0.481 e. The highest BCUT2D eigenvalue weighted by atomic mass is 32.1. The van der Waals surface area contributed by atoms with Crippen molar-refractivity contribution in [3.8, 4) is 0 Å². The summed E-state index contributed by atoms with van der Waals surface area (Å²) in [6.45, 7) is 2.08. The van der Waals surface area contributed by atoms with Gasteiger partial charge in [-0.1, -0.05) is 30.3 Å². The molecule has 0 bridgehead atoms. The lowest BCUT2D eigenvalue weighted by atomic mass is 9.96. The molecule has 2 rings (SSSR count). The van der Waals surface area contributed by atoms with Gasteiger partial charge in [-0.25, -0.2) is 0 Å². The Morgan fingerprint density at radius 2 is 2.00 bits per heavy atom. The van der Waals surface area contributed by atoms with E-state index in [0.717, 1.165) is 11.1 Å². The van der Waals surface area contributed by atoms with Crippen LogP contribution in [0.4, 0.5) is 0 Å². The van der Waals surface area contributed by atoms with E-state index in [4.69, 9.17) is 0 Å². The van der Waals surface area contributed by atoms with E-state index in [1.807, 2.05) is 36.6 Å². The van der Waals surface area contributed by atoms with Crippen LogP contribution in [-0.2, 0) is 11.2 Å². The van der Waals surface area contributed by atoms with E-state index in [1.165, 1.54) is 11.3 Å². The molecule has 2 aromatic rings. The van der Waals surface area contributed by atoms with Crippen LogP contribution in [0.1, 0.15) is 20.8 Å². The highest BCUT2D eigenvalue weighted by molar-refractivity contribution is 7.12. The Labute approximate surface area is 127 Å². The molecule has 2 N–H and O–H groups in total. The third-order valence-electron chi connectivity index (χ3n) is 3.33. The van der Waals surface area contributed by atoms with Crippen LogP contribution < -0.4 is 5.32 Å². The lowest BCUT2D eigenvalue weighted by molar-refractivity contribution is -0.141. The van der Waals surface area contributed by atoms with Crippen molar-refractivity contribution in [3.63, 3.8) is 0 Å². The zero-order valence-electron chi connectivity index (χ0n) is 11.7. The Bertz CT molecular complexity index is 622. The van der Waals surface area contributed by atoms with Crippen LogP contribution in [0.5, 0.6) is 0 Å². The summed E-state index contributed by atoms with van der Waals surface area (Å²) >= 11 is 1.34. The number of carbonyl (C=O) groups is 2. The van der Waals surface area contributed by atoms with Crippen LogP contribution >= 0.6 is 11.3 Å². The molecule has 5 heteroatoms. The first kappa shape index (κ1) is 15.3.